The lowest BCUT2D eigenvalue weighted by molar-refractivity contribution is -0.143. The van der Waals surface area contributed by atoms with Gasteiger partial charge in [-0.3, -0.25) is 14.5 Å². The monoisotopic (exact) mass is 495 g/mol. The van der Waals surface area contributed by atoms with Crippen LogP contribution < -0.4 is 5.32 Å². The molecular weight excluding hydrogens is 480 g/mol. The van der Waals surface area contributed by atoms with Crippen molar-refractivity contribution in [3.63, 3.8) is 0 Å². The minimum absolute atomic E-state index is 0.0712. The largest absolute Gasteiger partial charge is 0.416 e. The summed E-state index contributed by atoms with van der Waals surface area (Å²) in [5.41, 5.74) is -2.74. The molecule has 182 valence electrons. The van der Waals surface area contributed by atoms with E-state index in [0.29, 0.717) is 11.8 Å². The van der Waals surface area contributed by atoms with E-state index in [9.17, 15) is 31.1 Å². The van der Waals surface area contributed by atoms with Crippen LogP contribution in [-0.2, 0) is 12.4 Å². The van der Waals surface area contributed by atoms with E-state index in [1.54, 1.807) is 18.2 Å². The summed E-state index contributed by atoms with van der Waals surface area (Å²) in [4.78, 5) is 16.6. The molecule has 0 bridgehead atoms. The van der Waals surface area contributed by atoms with Crippen LogP contribution in [0.3, 0.4) is 0 Å². The van der Waals surface area contributed by atoms with Crippen molar-refractivity contribution in [1.29, 1.82) is 0 Å². The van der Waals surface area contributed by atoms with Gasteiger partial charge in [-0.15, -0.1) is 0 Å². The number of amides is 1. The highest BCUT2D eigenvalue weighted by Crippen LogP contribution is 2.39. The lowest BCUT2D eigenvalue weighted by Gasteiger charge is -2.20. The van der Waals surface area contributed by atoms with Gasteiger partial charge in [0.1, 0.15) is 5.69 Å². The fourth-order valence-corrected chi connectivity index (χ4v) is 3.31. The molecule has 1 atom stereocenters. The highest BCUT2D eigenvalue weighted by molar-refractivity contribution is 6.03. The second-order valence-electron chi connectivity index (χ2n) is 7.43. The predicted molar refractivity (Wildman–Crippen MR) is 110 cm³/mol. The number of hydrogen-bond donors (Lipinski definition) is 1. The average Bonchev–Trinajstić information content (AvgIpc) is 3.48. The fraction of sp³-hybridized carbons (Fsp3) is 0.182. The van der Waals surface area contributed by atoms with Crippen molar-refractivity contribution in [2.45, 2.75) is 25.3 Å². The third kappa shape index (κ3) is 5.18. The second-order valence-corrected chi connectivity index (χ2v) is 7.43. The first-order chi connectivity index (χ1) is 16.4. The van der Waals surface area contributed by atoms with Gasteiger partial charge in [0, 0.05) is 18.5 Å². The van der Waals surface area contributed by atoms with Gasteiger partial charge in [-0.05, 0) is 36.8 Å². The molecule has 0 aliphatic heterocycles. The normalized spacial score (nSPS) is 13.0. The van der Waals surface area contributed by atoms with Gasteiger partial charge in [0.25, 0.3) is 5.91 Å². The smallest absolute Gasteiger partial charge is 0.354 e. The molecule has 4 aromatic rings. The number of nitrogens with zero attached hydrogens (tertiary/aromatic N) is 4. The third-order valence-corrected chi connectivity index (χ3v) is 5.05. The summed E-state index contributed by atoms with van der Waals surface area (Å²) in [6, 6.07) is 6.77. The van der Waals surface area contributed by atoms with E-state index in [1.165, 1.54) is 31.6 Å². The molecule has 35 heavy (non-hydrogen) atoms. The van der Waals surface area contributed by atoms with Gasteiger partial charge in [-0.25, -0.2) is 0 Å². The number of carbonyl (C=O) groups is 1. The van der Waals surface area contributed by atoms with Crippen molar-refractivity contribution in [3.8, 4) is 11.5 Å². The molecule has 0 saturated heterocycles. The summed E-state index contributed by atoms with van der Waals surface area (Å²) >= 11 is 0. The molecule has 0 saturated carbocycles. The number of anilines is 1. The van der Waals surface area contributed by atoms with E-state index in [0.717, 1.165) is 10.7 Å². The van der Waals surface area contributed by atoms with Crippen LogP contribution in [0, 0.1) is 0 Å². The summed E-state index contributed by atoms with van der Waals surface area (Å²) in [5.74, 6) is -0.421. The van der Waals surface area contributed by atoms with E-state index in [2.05, 4.69) is 20.6 Å². The number of rotatable bonds is 5. The minimum atomic E-state index is -5.02. The van der Waals surface area contributed by atoms with Crippen molar-refractivity contribution in [3.05, 3.63) is 83.4 Å². The van der Waals surface area contributed by atoms with Crippen molar-refractivity contribution in [2.24, 2.45) is 0 Å². The Hall–Kier alpha value is -4.16. The summed E-state index contributed by atoms with van der Waals surface area (Å²) < 4.78 is 85.5. The predicted octanol–water partition coefficient (Wildman–Crippen LogP) is 5.83. The summed E-state index contributed by atoms with van der Waals surface area (Å²) in [6.07, 6.45) is -5.98. The lowest BCUT2D eigenvalue weighted by atomic mass is 9.98. The molecule has 3 heterocycles. The van der Waals surface area contributed by atoms with Crippen LogP contribution in [0.1, 0.15) is 40.1 Å². The van der Waals surface area contributed by atoms with Crippen LogP contribution in [0.25, 0.3) is 11.5 Å². The number of halogens is 6. The second kappa shape index (κ2) is 8.89. The summed E-state index contributed by atoms with van der Waals surface area (Å²) in [5, 5.41) is 10.1. The SMILES string of the molecule is C[C@@H](c1ccc(C(F)(F)F)cc1C(F)(F)F)n1cc(NC(=O)c2cc(-c3ccccn3)on2)cn1. The molecule has 1 aromatic carbocycles. The molecule has 13 heteroatoms. The topological polar surface area (TPSA) is 85.8 Å². The van der Waals surface area contributed by atoms with E-state index in [4.69, 9.17) is 4.52 Å². The van der Waals surface area contributed by atoms with Gasteiger partial charge in [-0.1, -0.05) is 17.3 Å². The van der Waals surface area contributed by atoms with Crippen LogP contribution in [0.2, 0.25) is 0 Å². The molecule has 0 aliphatic carbocycles. The van der Waals surface area contributed by atoms with Crippen LogP contribution in [0.4, 0.5) is 32.0 Å². The zero-order valence-corrected chi connectivity index (χ0v) is 17.7. The Morgan fingerprint density at radius 2 is 1.83 bits per heavy atom. The summed E-state index contributed by atoms with van der Waals surface area (Å²) in [6.45, 7) is 1.34. The number of pyridine rings is 1. The van der Waals surface area contributed by atoms with E-state index in [1.807, 2.05) is 0 Å². The highest BCUT2D eigenvalue weighted by atomic mass is 19.4. The number of benzene rings is 1. The Kier molecular flexibility index (Phi) is 6.09. The Morgan fingerprint density at radius 3 is 2.49 bits per heavy atom. The highest BCUT2D eigenvalue weighted by Gasteiger charge is 2.39. The maximum atomic E-state index is 13.5. The maximum absolute atomic E-state index is 13.5. The lowest BCUT2D eigenvalue weighted by Crippen LogP contribution is -2.17. The number of nitrogens with one attached hydrogen (secondary N) is 1. The standard InChI is InChI=1S/C22H15F6N5O2/c1-12(15-6-5-13(21(23,24)25)8-16(15)22(26,27)28)33-11-14(10-30-33)31-20(34)18-9-19(35-32-18)17-4-2-3-7-29-17/h2-12H,1H3,(H,31,34)/t12-/m0/s1. The number of aromatic nitrogens is 4. The summed E-state index contributed by atoms with van der Waals surface area (Å²) in [7, 11) is 0. The van der Waals surface area contributed by atoms with Crippen molar-refractivity contribution < 1.29 is 35.7 Å². The molecular formula is C22H15F6N5O2. The molecule has 7 nitrogen and oxygen atoms in total. The van der Waals surface area contributed by atoms with Crippen LogP contribution in [0.15, 0.2) is 65.6 Å². The van der Waals surface area contributed by atoms with Gasteiger partial charge >= 0.3 is 12.4 Å². The first kappa shape index (κ1) is 24.0. The molecule has 4 rings (SSSR count). The molecule has 0 radical (unpaired) electrons. The maximum Gasteiger partial charge on any atom is 0.416 e. The van der Waals surface area contributed by atoms with E-state index >= 15 is 0 Å². The third-order valence-electron chi connectivity index (χ3n) is 5.05. The Morgan fingerprint density at radius 1 is 1.06 bits per heavy atom. The molecule has 1 amide bonds. The Labute approximate surface area is 193 Å². The molecule has 0 spiro atoms. The first-order valence-electron chi connectivity index (χ1n) is 9.95. The Bertz CT molecular complexity index is 1340. The quantitative estimate of drug-likeness (QED) is 0.352. The molecule has 0 aliphatic rings. The van der Waals surface area contributed by atoms with Crippen LogP contribution in [0.5, 0.6) is 0 Å². The Balaban J connectivity index is 1.54. The molecule has 0 fully saturated rings. The molecule has 1 N–H and O–H groups in total. The van der Waals surface area contributed by atoms with Gasteiger partial charge in [0.15, 0.2) is 11.5 Å². The minimum Gasteiger partial charge on any atom is -0.354 e. The fourth-order valence-electron chi connectivity index (χ4n) is 3.31. The van der Waals surface area contributed by atoms with E-state index in [-0.39, 0.29) is 23.2 Å². The van der Waals surface area contributed by atoms with Gasteiger partial charge in [0.2, 0.25) is 0 Å². The number of carbonyl (C=O) groups excluding carboxylic acids is 1. The van der Waals surface area contributed by atoms with Crippen molar-refractivity contribution >= 4 is 11.6 Å². The average molecular weight is 495 g/mol. The van der Waals surface area contributed by atoms with Gasteiger partial charge in [-0.2, -0.15) is 31.4 Å². The number of alkyl halides is 6. The van der Waals surface area contributed by atoms with Crippen molar-refractivity contribution in [1.82, 2.24) is 19.9 Å². The van der Waals surface area contributed by atoms with Crippen LogP contribution >= 0.6 is 0 Å². The number of hydrogen-bond acceptors (Lipinski definition) is 5. The zero-order valence-electron chi connectivity index (χ0n) is 17.7. The van der Waals surface area contributed by atoms with E-state index < -0.39 is 41.0 Å². The first-order valence-corrected chi connectivity index (χ1v) is 9.95. The van der Waals surface area contributed by atoms with Crippen LogP contribution in [-0.4, -0.2) is 25.8 Å². The molecule has 3 aromatic heterocycles. The molecule has 0 unspecified atom stereocenters. The van der Waals surface area contributed by atoms with Gasteiger partial charge in [0.05, 0.1) is 29.1 Å². The van der Waals surface area contributed by atoms with Crippen molar-refractivity contribution in [2.75, 3.05) is 5.32 Å². The van der Waals surface area contributed by atoms with Gasteiger partial charge < -0.3 is 9.84 Å². The zero-order chi connectivity index (χ0) is 25.4.